The van der Waals surface area contributed by atoms with E-state index in [0.717, 1.165) is 22.5 Å². The number of rotatable bonds is 5. The zero-order valence-corrected chi connectivity index (χ0v) is 16.4. The molecule has 0 aromatic heterocycles. The third-order valence-corrected chi connectivity index (χ3v) is 5.50. The van der Waals surface area contributed by atoms with Gasteiger partial charge < -0.3 is 10.1 Å². The van der Waals surface area contributed by atoms with E-state index in [0.29, 0.717) is 13.1 Å². The van der Waals surface area contributed by atoms with Crippen molar-refractivity contribution in [3.8, 4) is 0 Å². The Morgan fingerprint density at radius 1 is 0.862 bits per heavy atom. The molecule has 1 aliphatic rings. The molecule has 1 heterocycles. The lowest BCUT2D eigenvalue weighted by Gasteiger charge is -2.39. The van der Waals surface area contributed by atoms with Gasteiger partial charge in [0.25, 0.3) is 0 Å². The first-order chi connectivity index (χ1) is 14.3. The summed E-state index contributed by atoms with van der Waals surface area (Å²) in [5.74, 6) is 0.343. The number of ether oxygens (including phenoxy) is 1. The largest absolute Gasteiger partial charge is 0.469 e. The predicted molar refractivity (Wildman–Crippen MR) is 115 cm³/mol. The van der Waals surface area contributed by atoms with Crippen LogP contribution in [0.4, 0.5) is 0 Å². The minimum atomic E-state index is -0.592. The summed E-state index contributed by atoms with van der Waals surface area (Å²) in [4.78, 5) is 16.9. The molecular weight excluding hydrogens is 360 g/mol. The molecule has 29 heavy (non-hydrogen) atoms. The zero-order chi connectivity index (χ0) is 20.1. The first-order valence-electron chi connectivity index (χ1n) is 9.80. The summed E-state index contributed by atoms with van der Waals surface area (Å²) in [7, 11) is 1.42. The van der Waals surface area contributed by atoms with Gasteiger partial charge >= 0.3 is 5.97 Å². The second kappa shape index (κ2) is 8.31. The number of esters is 1. The molecular formula is C25H24N2O2. The number of benzene rings is 3. The van der Waals surface area contributed by atoms with Crippen molar-refractivity contribution in [1.82, 2.24) is 5.32 Å². The highest BCUT2D eigenvalue weighted by Gasteiger charge is 2.43. The summed E-state index contributed by atoms with van der Waals surface area (Å²) in [6.45, 7) is 0.906. The Labute approximate surface area is 171 Å². The van der Waals surface area contributed by atoms with Crippen LogP contribution in [-0.4, -0.2) is 32.0 Å². The van der Waals surface area contributed by atoms with Gasteiger partial charge in [-0.05, 0) is 16.7 Å². The molecule has 0 spiro atoms. The number of amidine groups is 1. The monoisotopic (exact) mass is 384 g/mol. The van der Waals surface area contributed by atoms with Crippen LogP contribution >= 0.6 is 0 Å². The van der Waals surface area contributed by atoms with Crippen LogP contribution in [0.5, 0.6) is 0 Å². The third-order valence-electron chi connectivity index (χ3n) is 5.50. The van der Waals surface area contributed by atoms with E-state index >= 15 is 0 Å². The molecule has 1 N–H and O–H groups in total. The van der Waals surface area contributed by atoms with E-state index in [1.54, 1.807) is 0 Å². The molecule has 4 heteroatoms. The van der Waals surface area contributed by atoms with Crippen LogP contribution in [0.25, 0.3) is 0 Å². The lowest BCUT2D eigenvalue weighted by Crippen LogP contribution is -2.51. The van der Waals surface area contributed by atoms with Gasteiger partial charge in [0.15, 0.2) is 0 Å². The molecule has 0 saturated heterocycles. The number of methoxy groups -OCH3 is 1. The average molecular weight is 384 g/mol. The van der Waals surface area contributed by atoms with Crippen LogP contribution in [-0.2, 0) is 14.9 Å². The lowest BCUT2D eigenvalue weighted by molar-refractivity contribution is -0.144. The minimum Gasteiger partial charge on any atom is -0.469 e. The van der Waals surface area contributed by atoms with E-state index in [9.17, 15) is 4.79 Å². The highest BCUT2D eigenvalue weighted by atomic mass is 16.5. The molecule has 4 rings (SSSR count). The van der Waals surface area contributed by atoms with Crippen LogP contribution in [0.2, 0.25) is 0 Å². The fraction of sp³-hybridized carbons (Fsp3) is 0.200. The van der Waals surface area contributed by atoms with E-state index in [1.165, 1.54) is 7.11 Å². The molecule has 0 bridgehead atoms. The molecule has 0 fully saturated rings. The van der Waals surface area contributed by atoms with Gasteiger partial charge in [0.1, 0.15) is 11.3 Å². The van der Waals surface area contributed by atoms with E-state index in [-0.39, 0.29) is 11.9 Å². The van der Waals surface area contributed by atoms with E-state index in [4.69, 9.17) is 9.73 Å². The highest BCUT2D eigenvalue weighted by molar-refractivity contribution is 6.01. The molecule has 3 aromatic rings. The molecule has 1 atom stereocenters. The Kier molecular flexibility index (Phi) is 5.43. The van der Waals surface area contributed by atoms with Crippen LogP contribution in [0.3, 0.4) is 0 Å². The van der Waals surface area contributed by atoms with Crippen LogP contribution in [0, 0.1) is 5.92 Å². The second-order valence-electron chi connectivity index (χ2n) is 7.14. The summed E-state index contributed by atoms with van der Waals surface area (Å²) < 4.78 is 4.92. The molecule has 146 valence electrons. The van der Waals surface area contributed by atoms with Crippen LogP contribution in [0.1, 0.15) is 16.7 Å². The summed E-state index contributed by atoms with van der Waals surface area (Å²) in [5, 5.41) is 3.47. The third kappa shape index (κ3) is 3.42. The number of carbonyl (C=O) groups is 1. The lowest BCUT2D eigenvalue weighted by atomic mass is 9.68. The summed E-state index contributed by atoms with van der Waals surface area (Å²) in [6, 6.07) is 31.2. The highest BCUT2D eigenvalue weighted by Crippen LogP contribution is 2.40. The SMILES string of the molecule is COC(=O)C1CN=C(C(c2ccccc2)(c2ccccc2)c2ccccc2)NC1. The van der Waals surface area contributed by atoms with Gasteiger partial charge in [-0.3, -0.25) is 9.79 Å². The zero-order valence-electron chi connectivity index (χ0n) is 16.4. The predicted octanol–water partition coefficient (Wildman–Crippen LogP) is 3.81. The van der Waals surface area contributed by atoms with Gasteiger partial charge in [0.2, 0.25) is 0 Å². The second-order valence-corrected chi connectivity index (χ2v) is 7.14. The van der Waals surface area contributed by atoms with Crippen molar-refractivity contribution in [3.05, 3.63) is 108 Å². The van der Waals surface area contributed by atoms with Crippen molar-refractivity contribution < 1.29 is 9.53 Å². The van der Waals surface area contributed by atoms with Crippen molar-refractivity contribution in [1.29, 1.82) is 0 Å². The number of carbonyl (C=O) groups excluding carboxylic acids is 1. The number of aliphatic imine (C=N–C) groups is 1. The smallest absolute Gasteiger partial charge is 0.312 e. The van der Waals surface area contributed by atoms with Crippen molar-refractivity contribution in [2.24, 2.45) is 10.9 Å². The first-order valence-corrected chi connectivity index (χ1v) is 9.80. The summed E-state index contributed by atoms with van der Waals surface area (Å²) in [5.41, 5.74) is 2.78. The minimum absolute atomic E-state index is 0.231. The molecule has 1 unspecified atom stereocenters. The maximum absolute atomic E-state index is 12.0. The summed E-state index contributed by atoms with van der Waals surface area (Å²) in [6.07, 6.45) is 0. The van der Waals surface area contributed by atoms with Gasteiger partial charge in [-0.25, -0.2) is 0 Å². The topological polar surface area (TPSA) is 50.7 Å². The number of hydrogen-bond donors (Lipinski definition) is 1. The van der Waals surface area contributed by atoms with E-state index < -0.39 is 5.41 Å². The first kappa shape index (κ1) is 18.9. The Balaban J connectivity index is 1.94. The van der Waals surface area contributed by atoms with Crippen molar-refractivity contribution in [3.63, 3.8) is 0 Å². The van der Waals surface area contributed by atoms with E-state index in [1.807, 2.05) is 18.2 Å². The standard InChI is InChI=1S/C25H24N2O2/c1-29-23(28)19-17-26-24(27-18-19)25(20-11-5-2-6-12-20,21-13-7-3-8-14-21)22-15-9-4-10-16-22/h2-16,19H,17-18H2,1H3,(H,26,27). The molecule has 4 nitrogen and oxygen atoms in total. The van der Waals surface area contributed by atoms with E-state index in [2.05, 4.69) is 78.1 Å². The van der Waals surface area contributed by atoms with Crippen molar-refractivity contribution >= 4 is 11.8 Å². The average Bonchev–Trinajstić information content (AvgIpc) is 2.82. The Morgan fingerprint density at radius 2 is 1.31 bits per heavy atom. The maximum Gasteiger partial charge on any atom is 0.312 e. The molecule has 0 saturated carbocycles. The van der Waals surface area contributed by atoms with Gasteiger partial charge in [-0.1, -0.05) is 91.0 Å². The molecule has 1 aliphatic heterocycles. The van der Waals surface area contributed by atoms with Crippen LogP contribution < -0.4 is 5.32 Å². The van der Waals surface area contributed by atoms with Crippen molar-refractivity contribution in [2.45, 2.75) is 5.41 Å². The number of nitrogens with zero attached hydrogens (tertiary/aromatic N) is 1. The Morgan fingerprint density at radius 3 is 1.66 bits per heavy atom. The fourth-order valence-electron chi connectivity index (χ4n) is 4.09. The number of hydrogen-bond acceptors (Lipinski definition) is 4. The molecule has 0 aliphatic carbocycles. The van der Waals surface area contributed by atoms with Crippen molar-refractivity contribution in [2.75, 3.05) is 20.2 Å². The normalized spacial score (nSPS) is 16.4. The van der Waals surface area contributed by atoms with Gasteiger partial charge in [-0.15, -0.1) is 0 Å². The number of nitrogens with one attached hydrogen (secondary N) is 1. The van der Waals surface area contributed by atoms with Gasteiger partial charge in [0.05, 0.1) is 19.6 Å². The molecule has 3 aromatic carbocycles. The van der Waals surface area contributed by atoms with Crippen LogP contribution in [0.15, 0.2) is 96.0 Å². The summed E-state index contributed by atoms with van der Waals surface area (Å²) >= 11 is 0. The van der Waals surface area contributed by atoms with Gasteiger partial charge in [-0.2, -0.15) is 0 Å². The Hall–Kier alpha value is -3.40. The van der Waals surface area contributed by atoms with Gasteiger partial charge in [0, 0.05) is 6.54 Å². The fourth-order valence-corrected chi connectivity index (χ4v) is 4.09. The molecule has 0 radical (unpaired) electrons. The maximum atomic E-state index is 12.0. The quantitative estimate of drug-likeness (QED) is 0.538. The molecule has 0 amide bonds. The Bertz CT molecular complexity index is 888.